The van der Waals surface area contributed by atoms with Gasteiger partial charge in [-0.25, -0.2) is 9.78 Å². The van der Waals surface area contributed by atoms with E-state index in [0.717, 1.165) is 4.88 Å². The van der Waals surface area contributed by atoms with E-state index < -0.39 is 23.5 Å². The number of anilines is 1. The van der Waals surface area contributed by atoms with E-state index in [1.165, 1.54) is 18.4 Å². The van der Waals surface area contributed by atoms with E-state index in [1.54, 1.807) is 13.8 Å². The van der Waals surface area contributed by atoms with Crippen LogP contribution in [0, 0.1) is 11.8 Å². The van der Waals surface area contributed by atoms with Gasteiger partial charge in [-0.3, -0.25) is 9.59 Å². The number of thiazole rings is 1. The Balaban J connectivity index is 2.20. The first-order valence-corrected chi connectivity index (χ1v) is 8.56. The molecule has 1 aromatic heterocycles. The fourth-order valence-corrected chi connectivity index (χ4v) is 3.75. The van der Waals surface area contributed by atoms with Crippen LogP contribution in [-0.2, 0) is 25.5 Å². The Morgan fingerprint density at radius 3 is 2.62 bits per heavy atom. The standard InChI is InChI=1S/C16H22N2O5S/c1-8(2)6-10-12(14(21)22-5)17-15(24-10)18-13(20)9-7-11(19)23-16(9,3)4/h8-9H,6-7H2,1-5H3,(H,17,18,20)/t9-/m1/s1. The van der Waals surface area contributed by atoms with E-state index in [4.69, 9.17) is 9.47 Å². The Morgan fingerprint density at radius 2 is 2.12 bits per heavy atom. The van der Waals surface area contributed by atoms with Crippen molar-refractivity contribution in [3.05, 3.63) is 10.6 Å². The number of carbonyl (C=O) groups excluding carboxylic acids is 3. The second kappa shape index (κ2) is 6.88. The highest BCUT2D eigenvalue weighted by Gasteiger charge is 2.46. The molecule has 0 spiro atoms. The van der Waals surface area contributed by atoms with Crippen molar-refractivity contribution >= 4 is 34.3 Å². The van der Waals surface area contributed by atoms with Gasteiger partial charge in [-0.1, -0.05) is 13.8 Å². The van der Waals surface area contributed by atoms with Gasteiger partial charge in [-0.05, 0) is 26.2 Å². The third-order valence-corrected chi connectivity index (χ3v) is 4.80. The zero-order chi connectivity index (χ0) is 18.1. The number of rotatable bonds is 5. The van der Waals surface area contributed by atoms with Crippen LogP contribution in [0.25, 0.3) is 0 Å². The predicted molar refractivity (Wildman–Crippen MR) is 88.9 cm³/mol. The van der Waals surface area contributed by atoms with Gasteiger partial charge in [0, 0.05) is 4.88 Å². The number of aromatic nitrogens is 1. The van der Waals surface area contributed by atoms with E-state index in [0.29, 0.717) is 17.5 Å². The predicted octanol–water partition coefficient (Wildman–Crippen LogP) is 2.41. The normalized spacial score (nSPS) is 19.2. The van der Waals surface area contributed by atoms with Gasteiger partial charge < -0.3 is 14.8 Å². The summed E-state index contributed by atoms with van der Waals surface area (Å²) in [7, 11) is 1.29. The first-order chi connectivity index (χ1) is 11.1. The number of hydrogen-bond donors (Lipinski definition) is 1. The third kappa shape index (κ3) is 3.92. The lowest BCUT2D eigenvalue weighted by Crippen LogP contribution is -2.36. The molecule has 1 aromatic rings. The molecule has 2 heterocycles. The van der Waals surface area contributed by atoms with Crippen molar-refractivity contribution < 1.29 is 23.9 Å². The van der Waals surface area contributed by atoms with Gasteiger partial charge in [0.15, 0.2) is 10.8 Å². The molecule has 0 aromatic carbocycles. The monoisotopic (exact) mass is 354 g/mol. The molecule has 1 aliphatic heterocycles. The zero-order valence-electron chi connectivity index (χ0n) is 14.5. The molecule has 1 amide bonds. The maximum absolute atomic E-state index is 12.5. The number of carbonyl (C=O) groups is 3. The summed E-state index contributed by atoms with van der Waals surface area (Å²) in [5.74, 6) is -1.52. The van der Waals surface area contributed by atoms with Crippen LogP contribution in [0.4, 0.5) is 5.13 Å². The molecule has 0 saturated carbocycles. The molecule has 7 nitrogen and oxygen atoms in total. The molecular weight excluding hydrogens is 332 g/mol. The number of cyclic esters (lactones) is 1. The molecule has 24 heavy (non-hydrogen) atoms. The molecule has 2 rings (SSSR count). The van der Waals surface area contributed by atoms with Crippen LogP contribution in [0.5, 0.6) is 0 Å². The Bertz CT molecular complexity index is 665. The fourth-order valence-electron chi connectivity index (χ4n) is 2.59. The van der Waals surface area contributed by atoms with Crippen molar-refractivity contribution in [2.45, 2.75) is 46.1 Å². The molecular formula is C16H22N2O5S. The van der Waals surface area contributed by atoms with Crippen LogP contribution in [-0.4, -0.2) is 35.5 Å². The van der Waals surface area contributed by atoms with Crippen molar-refractivity contribution in [2.24, 2.45) is 11.8 Å². The minimum atomic E-state index is -0.857. The Hall–Kier alpha value is -1.96. The number of nitrogens with one attached hydrogen (secondary N) is 1. The number of esters is 2. The fraction of sp³-hybridized carbons (Fsp3) is 0.625. The van der Waals surface area contributed by atoms with Gasteiger partial charge in [0.25, 0.3) is 0 Å². The van der Waals surface area contributed by atoms with E-state index in [2.05, 4.69) is 10.3 Å². The summed E-state index contributed by atoms with van der Waals surface area (Å²) < 4.78 is 9.92. The molecule has 0 radical (unpaired) electrons. The highest BCUT2D eigenvalue weighted by atomic mass is 32.1. The van der Waals surface area contributed by atoms with Crippen molar-refractivity contribution in [3.8, 4) is 0 Å². The van der Waals surface area contributed by atoms with E-state index in [1.807, 2.05) is 13.8 Å². The SMILES string of the molecule is COC(=O)c1nc(NC(=O)[C@H]2CC(=O)OC2(C)C)sc1CC(C)C. The highest BCUT2D eigenvalue weighted by Crippen LogP contribution is 2.34. The maximum Gasteiger partial charge on any atom is 0.357 e. The number of methoxy groups -OCH3 is 1. The summed E-state index contributed by atoms with van der Waals surface area (Å²) in [6.45, 7) is 7.47. The molecule has 1 aliphatic rings. The van der Waals surface area contributed by atoms with E-state index >= 15 is 0 Å². The van der Waals surface area contributed by atoms with Gasteiger partial charge in [0.2, 0.25) is 5.91 Å². The number of hydrogen-bond acceptors (Lipinski definition) is 7. The van der Waals surface area contributed by atoms with E-state index in [-0.39, 0.29) is 18.0 Å². The summed E-state index contributed by atoms with van der Waals surface area (Å²) in [6.07, 6.45) is 0.696. The highest BCUT2D eigenvalue weighted by molar-refractivity contribution is 7.16. The topological polar surface area (TPSA) is 94.6 Å². The van der Waals surface area contributed by atoms with Crippen LogP contribution in [0.1, 0.15) is 49.5 Å². The first-order valence-electron chi connectivity index (χ1n) is 7.74. The Labute approximate surface area is 144 Å². The first kappa shape index (κ1) is 18.4. The molecule has 132 valence electrons. The number of nitrogens with zero attached hydrogens (tertiary/aromatic N) is 1. The van der Waals surface area contributed by atoms with Gasteiger partial charge in [-0.2, -0.15) is 0 Å². The molecule has 0 bridgehead atoms. The molecule has 1 saturated heterocycles. The number of ether oxygens (including phenoxy) is 2. The molecule has 8 heteroatoms. The zero-order valence-corrected chi connectivity index (χ0v) is 15.3. The van der Waals surface area contributed by atoms with Crippen molar-refractivity contribution in [1.29, 1.82) is 0 Å². The minimum Gasteiger partial charge on any atom is -0.464 e. The quantitative estimate of drug-likeness (QED) is 0.816. The Kier molecular flexibility index (Phi) is 5.27. The lowest BCUT2D eigenvalue weighted by Gasteiger charge is -2.23. The molecule has 1 N–H and O–H groups in total. The second-order valence-corrected chi connectivity index (χ2v) is 7.79. The lowest BCUT2D eigenvalue weighted by atomic mass is 9.90. The van der Waals surface area contributed by atoms with Crippen molar-refractivity contribution in [3.63, 3.8) is 0 Å². The van der Waals surface area contributed by atoms with E-state index in [9.17, 15) is 14.4 Å². The van der Waals surface area contributed by atoms with Crippen molar-refractivity contribution in [2.75, 3.05) is 12.4 Å². The van der Waals surface area contributed by atoms with Gasteiger partial charge in [0.05, 0.1) is 19.4 Å². The van der Waals surface area contributed by atoms with Crippen molar-refractivity contribution in [1.82, 2.24) is 4.98 Å². The summed E-state index contributed by atoms with van der Waals surface area (Å²) in [6, 6.07) is 0. The largest absolute Gasteiger partial charge is 0.464 e. The Morgan fingerprint density at radius 1 is 1.46 bits per heavy atom. The summed E-state index contributed by atoms with van der Waals surface area (Å²) in [4.78, 5) is 40.8. The van der Waals surface area contributed by atoms with Crippen LogP contribution < -0.4 is 5.32 Å². The average molecular weight is 354 g/mol. The average Bonchev–Trinajstić information content (AvgIpc) is 2.97. The van der Waals surface area contributed by atoms with Crippen LogP contribution in [0.3, 0.4) is 0 Å². The summed E-state index contributed by atoms with van der Waals surface area (Å²) in [5.41, 5.74) is -0.630. The maximum atomic E-state index is 12.5. The van der Waals surface area contributed by atoms with Crippen LogP contribution >= 0.6 is 11.3 Å². The molecule has 1 atom stereocenters. The van der Waals surface area contributed by atoms with Gasteiger partial charge in [-0.15, -0.1) is 11.3 Å². The molecule has 0 unspecified atom stereocenters. The van der Waals surface area contributed by atoms with Crippen LogP contribution in [0.2, 0.25) is 0 Å². The summed E-state index contributed by atoms with van der Waals surface area (Å²) >= 11 is 1.25. The lowest BCUT2D eigenvalue weighted by molar-refractivity contribution is -0.147. The van der Waals surface area contributed by atoms with Crippen LogP contribution in [0.15, 0.2) is 0 Å². The minimum absolute atomic E-state index is 0.0346. The third-order valence-electron chi connectivity index (χ3n) is 3.80. The molecule has 0 aliphatic carbocycles. The molecule has 1 fully saturated rings. The number of amides is 1. The smallest absolute Gasteiger partial charge is 0.357 e. The van der Waals surface area contributed by atoms with Gasteiger partial charge >= 0.3 is 11.9 Å². The van der Waals surface area contributed by atoms with Gasteiger partial charge in [0.1, 0.15) is 5.60 Å². The second-order valence-electron chi connectivity index (χ2n) is 6.70. The summed E-state index contributed by atoms with van der Waals surface area (Å²) in [5, 5.41) is 3.03.